The first-order chi connectivity index (χ1) is 8.29. The summed E-state index contributed by atoms with van der Waals surface area (Å²) in [5.74, 6) is 4.93. The van der Waals surface area contributed by atoms with Crippen molar-refractivity contribution in [1.82, 2.24) is 10.6 Å². The summed E-state index contributed by atoms with van der Waals surface area (Å²) in [6.45, 7) is 0. The van der Waals surface area contributed by atoms with Crippen LogP contribution in [0, 0.1) is 0 Å². The van der Waals surface area contributed by atoms with Gasteiger partial charge in [0.05, 0.1) is 6.42 Å². The first kappa shape index (κ1) is 11.9. The van der Waals surface area contributed by atoms with Gasteiger partial charge >= 0.3 is 5.97 Å². The largest absolute Gasteiger partial charge is 0.431 e. The van der Waals surface area contributed by atoms with E-state index in [1.54, 1.807) is 0 Å². The summed E-state index contributed by atoms with van der Waals surface area (Å²) >= 11 is 1.35. The summed E-state index contributed by atoms with van der Waals surface area (Å²) in [7, 11) is 0. The highest BCUT2D eigenvalue weighted by atomic mass is 32.2. The van der Waals surface area contributed by atoms with E-state index in [0.29, 0.717) is 11.0 Å². The van der Waals surface area contributed by atoms with Gasteiger partial charge in [-0.25, -0.2) is 10.8 Å². The first-order valence-corrected chi connectivity index (χ1v) is 5.92. The van der Waals surface area contributed by atoms with Crippen molar-refractivity contribution in [1.29, 1.82) is 0 Å². The maximum atomic E-state index is 11.0. The fourth-order valence-electron chi connectivity index (χ4n) is 1.25. The van der Waals surface area contributed by atoms with Crippen molar-refractivity contribution in [3.05, 3.63) is 24.3 Å². The van der Waals surface area contributed by atoms with E-state index < -0.39 is 5.97 Å². The molecule has 0 bridgehead atoms. The highest BCUT2D eigenvalue weighted by molar-refractivity contribution is 7.99. The van der Waals surface area contributed by atoms with Gasteiger partial charge in [0.15, 0.2) is 5.58 Å². The number of nitrogens with two attached hydrogens (primary N) is 1. The van der Waals surface area contributed by atoms with Crippen LogP contribution in [0.15, 0.2) is 33.9 Å². The number of oxazole rings is 1. The average Bonchev–Trinajstić information content (AvgIpc) is 2.71. The number of hydrogen-bond donors (Lipinski definition) is 2. The number of nitrogens with zero attached hydrogens (tertiary/aromatic N) is 1. The lowest BCUT2D eigenvalue weighted by Gasteiger charge is -1.98. The monoisotopic (exact) mass is 253 g/mol. The fourth-order valence-corrected chi connectivity index (χ4v) is 2.01. The normalized spacial score (nSPS) is 10.6. The molecule has 2 rings (SSSR count). The summed E-state index contributed by atoms with van der Waals surface area (Å²) in [4.78, 5) is 19.6. The van der Waals surface area contributed by atoms with Crippen molar-refractivity contribution in [2.24, 2.45) is 5.84 Å². The van der Waals surface area contributed by atoms with Crippen LogP contribution in [0.2, 0.25) is 0 Å². The summed E-state index contributed by atoms with van der Waals surface area (Å²) in [6.07, 6.45) is 0.230. The molecule has 6 nitrogen and oxygen atoms in total. The molecule has 0 saturated carbocycles. The molecule has 0 saturated heterocycles. The van der Waals surface area contributed by atoms with Gasteiger partial charge < -0.3 is 9.25 Å². The quantitative estimate of drug-likeness (QED) is 0.470. The van der Waals surface area contributed by atoms with Crippen LogP contribution in [0.25, 0.3) is 11.1 Å². The molecule has 90 valence electrons. The molecule has 2 aromatic rings. The molecule has 0 aliphatic carbocycles. The number of para-hydroxylation sites is 2. The second kappa shape index (κ2) is 5.67. The molecule has 17 heavy (non-hydrogen) atoms. The number of hydrazine groups is 1. The van der Waals surface area contributed by atoms with Crippen molar-refractivity contribution in [2.45, 2.75) is 11.6 Å². The predicted molar refractivity (Wildman–Crippen MR) is 62.8 cm³/mol. The van der Waals surface area contributed by atoms with Crippen LogP contribution in [0.1, 0.15) is 6.42 Å². The smallest absolute Gasteiger partial charge is 0.327 e. The molecular formula is C10H11N3O3S. The van der Waals surface area contributed by atoms with E-state index in [-0.39, 0.29) is 6.42 Å². The molecule has 1 aromatic heterocycles. The zero-order valence-corrected chi connectivity index (χ0v) is 9.70. The molecule has 3 N–H and O–H groups in total. The Morgan fingerprint density at radius 3 is 3.12 bits per heavy atom. The molecule has 7 heteroatoms. The van der Waals surface area contributed by atoms with Crippen LogP contribution in [-0.4, -0.2) is 16.7 Å². The van der Waals surface area contributed by atoms with E-state index in [9.17, 15) is 4.79 Å². The number of fused-ring (bicyclic) bond motifs is 1. The van der Waals surface area contributed by atoms with Crippen molar-refractivity contribution in [3.8, 4) is 0 Å². The summed E-state index contributed by atoms with van der Waals surface area (Å²) in [5.41, 5.74) is 3.38. The summed E-state index contributed by atoms with van der Waals surface area (Å²) < 4.78 is 5.47. The van der Waals surface area contributed by atoms with E-state index >= 15 is 0 Å². The second-order valence-electron chi connectivity index (χ2n) is 3.14. The van der Waals surface area contributed by atoms with Crippen molar-refractivity contribution in [2.75, 3.05) is 5.75 Å². The van der Waals surface area contributed by atoms with Crippen LogP contribution < -0.4 is 11.4 Å². The van der Waals surface area contributed by atoms with E-state index in [4.69, 9.17) is 10.3 Å². The molecule has 0 atom stereocenters. The van der Waals surface area contributed by atoms with Crippen molar-refractivity contribution in [3.63, 3.8) is 0 Å². The number of carbonyl (C=O) groups is 1. The number of benzene rings is 1. The third-order valence-electron chi connectivity index (χ3n) is 1.98. The maximum absolute atomic E-state index is 11.0. The standard InChI is InChI=1S/C10H11N3O3S/c11-13-16-9(14)5-6-17-10-12-7-3-1-2-4-8(7)15-10/h1-4,13H,5-6,11H2. The molecule has 0 spiro atoms. The minimum Gasteiger partial charge on any atom is -0.431 e. The number of nitrogens with one attached hydrogen (secondary N) is 1. The molecule has 0 aliphatic rings. The Labute approximate surface area is 101 Å². The number of rotatable bonds is 5. The predicted octanol–water partition coefficient (Wildman–Crippen LogP) is 1.23. The molecule has 1 aromatic carbocycles. The Hall–Kier alpha value is -1.57. The Balaban J connectivity index is 1.89. The SMILES string of the molecule is NNOC(=O)CCSc1nc2ccccc2o1. The zero-order valence-electron chi connectivity index (χ0n) is 8.88. The minimum atomic E-state index is -0.420. The molecule has 0 unspecified atom stereocenters. The van der Waals surface area contributed by atoms with Crippen LogP contribution >= 0.6 is 11.8 Å². The zero-order chi connectivity index (χ0) is 12.1. The van der Waals surface area contributed by atoms with Gasteiger partial charge in [-0.3, -0.25) is 4.79 Å². The molecule has 1 heterocycles. The average molecular weight is 253 g/mol. The Bertz CT molecular complexity index is 481. The first-order valence-electron chi connectivity index (χ1n) is 4.93. The van der Waals surface area contributed by atoms with E-state index in [1.807, 2.05) is 29.9 Å². The summed E-state index contributed by atoms with van der Waals surface area (Å²) in [5, 5.41) is 0.541. The molecule has 0 radical (unpaired) electrons. The molecule has 0 aliphatic heterocycles. The third kappa shape index (κ3) is 3.19. The van der Waals surface area contributed by atoms with E-state index in [0.717, 1.165) is 11.1 Å². The van der Waals surface area contributed by atoms with Gasteiger partial charge in [-0.2, -0.15) is 0 Å². The number of aromatic nitrogens is 1. The van der Waals surface area contributed by atoms with Crippen molar-refractivity contribution < 1.29 is 14.0 Å². The lowest BCUT2D eigenvalue weighted by atomic mass is 10.3. The van der Waals surface area contributed by atoms with Gasteiger partial charge in [0, 0.05) is 5.75 Å². The van der Waals surface area contributed by atoms with Gasteiger partial charge in [0.2, 0.25) is 0 Å². The Morgan fingerprint density at radius 2 is 2.35 bits per heavy atom. The van der Waals surface area contributed by atoms with E-state index in [2.05, 4.69) is 9.82 Å². The van der Waals surface area contributed by atoms with Crippen molar-refractivity contribution >= 4 is 28.8 Å². The van der Waals surface area contributed by atoms with Gasteiger partial charge in [-0.15, -0.1) is 0 Å². The lowest BCUT2D eigenvalue weighted by molar-refractivity contribution is -0.150. The molecule has 0 amide bonds. The second-order valence-corrected chi connectivity index (χ2v) is 4.18. The van der Waals surface area contributed by atoms with Gasteiger partial charge in [0.25, 0.3) is 5.22 Å². The van der Waals surface area contributed by atoms with Crippen LogP contribution in [-0.2, 0) is 9.63 Å². The Kier molecular flexibility index (Phi) is 3.97. The van der Waals surface area contributed by atoms with Gasteiger partial charge in [-0.05, 0) is 12.1 Å². The Morgan fingerprint density at radius 1 is 1.53 bits per heavy atom. The van der Waals surface area contributed by atoms with Gasteiger partial charge in [-0.1, -0.05) is 29.5 Å². The van der Waals surface area contributed by atoms with Crippen LogP contribution in [0.3, 0.4) is 0 Å². The lowest BCUT2D eigenvalue weighted by Crippen LogP contribution is -2.26. The molecular weight excluding hydrogens is 242 g/mol. The molecule has 0 fully saturated rings. The van der Waals surface area contributed by atoms with E-state index in [1.165, 1.54) is 11.8 Å². The van der Waals surface area contributed by atoms with Gasteiger partial charge in [0.1, 0.15) is 5.52 Å². The van der Waals surface area contributed by atoms with Crippen LogP contribution in [0.4, 0.5) is 0 Å². The number of hydrogen-bond acceptors (Lipinski definition) is 7. The fraction of sp³-hybridized carbons (Fsp3) is 0.200. The van der Waals surface area contributed by atoms with Crippen LogP contribution in [0.5, 0.6) is 0 Å². The minimum absolute atomic E-state index is 0.230. The summed E-state index contributed by atoms with van der Waals surface area (Å²) in [6, 6.07) is 7.49. The number of thioether (sulfide) groups is 1. The third-order valence-corrected chi connectivity index (χ3v) is 2.81. The highest BCUT2D eigenvalue weighted by Gasteiger charge is 2.07. The number of carbonyl (C=O) groups excluding carboxylic acids is 1. The maximum Gasteiger partial charge on any atom is 0.327 e. The highest BCUT2D eigenvalue weighted by Crippen LogP contribution is 2.23. The topological polar surface area (TPSA) is 90.4 Å².